The Morgan fingerprint density at radius 1 is 1.56 bits per heavy atom. The summed E-state index contributed by atoms with van der Waals surface area (Å²) in [6.07, 6.45) is 3.35. The van der Waals surface area contributed by atoms with E-state index < -0.39 is 11.9 Å². The maximum absolute atomic E-state index is 11.5. The molecule has 3 N–H and O–H groups in total. The van der Waals surface area contributed by atoms with Gasteiger partial charge in [0.1, 0.15) is 6.04 Å². The summed E-state index contributed by atoms with van der Waals surface area (Å²) >= 11 is 5.89. The summed E-state index contributed by atoms with van der Waals surface area (Å²) < 4.78 is 1.62. The van der Waals surface area contributed by atoms with Crippen molar-refractivity contribution in [2.45, 2.75) is 6.04 Å². The van der Waals surface area contributed by atoms with Gasteiger partial charge in [-0.3, -0.25) is 9.48 Å². The van der Waals surface area contributed by atoms with Crippen molar-refractivity contribution < 1.29 is 4.79 Å². The molecule has 1 unspecified atom stereocenters. The number of rotatable bonds is 4. The zero-order valence-corrected chi connectivity index (χ0v) is 10.6. The smallest absolute Gasteiger partial charge is 0.244 e. The lowest BCUT2D eigenvalue weighted by molar-refractivity contribution is -0.118. The molecule has 0 aliphatic carbocycles. The van der Waals surface area contributed by atoms with Crippen LogP contribution in [0, 0.1) is 0 Å². The first kappa shape index (κ1) is 12.4. The van der Waals surface area contributed by atoms with Gasteiger partial charge < -0.3 is 11.1 Å². The molecule has 1 amide bonds. The number of hydrogen-bond acceptors (Lipinski definition) is 3. The van der Waals surface area contributed by atoms with Crippen LogP contribution in [0.3, 0.4) is 0 Å². The SMILES string of the molecule is Cn1cc(C(Nc2cccc(Cl)c2)C(N)=O)cn1. The van der Waals surface area contributed by atoms with Gasteiger partial charge in [0.15, 0.2) is 0 Å². The second-order valence-corrected chi connectivity index (χ2v) is 4.37. The molecule has 0 bridgehead atoms. The van der Waals surface area contributed by atoms with Gasteiger partial charge in [-0.1, -0.05) is 17.7 Å². The third kappa shape index (κ3) is 2.81. The first-order valence-electron chi connectivity index (χ1n) is 5.36. The summed E-state index contributed by atoms with van der Waals surface area (Å²) in [5.74, 6) is -0.469. The molecule has 5 nitrogen and oxygen atoms in total. The highest BCUT2D eigenvalue weighted by molar-refractivity contribution is 6.30. The Morgan fingerprint density at radius 2 is 2.33 bits per heavy atom. The van der Waals surface area contributed by atoms with Crippen molar-refractivity contribution >= 4 is 23.2 Å². The number of carbonyl (C=O) groups is 1. The van der Waals surface area contributed by atoms with Crippen molar-refractivity contribution in [2.24, 2.45) is 12.8 Å². The number of benzene rings is 1. The van der Waals surface area contributed by atoms with Crippen LogP contribution in [0.1, 0.15) is 11.6 Å². The number of nitrogens with zero attached hydrogens (tertiary/aromatic N) is 2. The molecule has 2 rings (SSSR count). The van der Waals surface area contributed by atoms with Gasteiger partial charge >= 0.3 is 0 Å². The third-order valence-electron chi connectivity index (χ3n) is 2.48. The standard InChI is InChI=1S/C12H13ClN4O/c1-17-7-8(6-15-17)11(12(14)18)16-10-4-2-3-9(13)5-10/h2-7,11,16H,1H3,(H2,14,18). The zero-order valence-electron chi connectivity index (χ0n) is 9.80. The zero-order chi connectivity index (χ0) is 13.1. The highest BCUT2D eigenvalue weighted by Gasteiger charge is 2.19. The van der Waals surface area contributed by atoms with Crippen LogP contribution in [0.25, 0.3) is 0 Å². The maximum atomic E-state index is 11.5. The second-order valence-electron chi connectivity index (χ2n) is 3.94. The first-order chi connectivity index (χ1) is 8.56. The minimum atomic E-state index is -0.628. The van der Waals surface area contributed by atoms with E-state index in [9.17, 15) is 4.79 Å². The number of anilines is 1. The van der Waals surface area contributed by atoms with Crippen LogP contribution in [0.4, 0.5) is 5.69 Å². The van der Waals surface area contributed by atoms with Gasteiger partial charge in [-0.15, -0.1) is 0 Å². The van der Waals surface area contributed by atoms with E-state index in [0.717, 1.165) is 5.69 Å². The van der Waals surface area contributed by atoms with Gasteiger partial charge in [0.05, 0.1) is 6.20 Å². The number of amides is 1. The van der Waals surface area contributed by atoms with Crippen LogP contribution in [0.15, 0.2) is 36.7 Å². The molecular formula is C12H13ClN4O. The van der Waals surface area contributed by atoms with Gasteiger partial charge in [-0.2, -0.15) is 5.10 Å². The molecule has 0 aliphatic heterocycles. The van der Waals surface area contributed by atoms with E-state index in [4.69, 9.17) is 17.3 Å². The molecule has 6 heteroatoms. The third-order valence-corrected chi connectivity index (χ3v) is 2.71. The van der Waals surface area contributed by atoms with Crippen molar-refractivity contribution in [1.82, 2.24) is 9.78 Å². The van der Waals surface area contributed by atoms with E-state index >= 15 is 0 Å². The summed E-state index contributed by atoms with van der Waals surface area (Å²) in [7, 11) is 1.78. The number of nitrogens with two attached hydrogens (primary N) is 1. The lowest BCUT2D eigenvalue weighted by atomic mass is 10.1. The second kappa shape index (κ2) is 5.10. The fraction of sp³-hybridized carbons (Fsp3) is 0.167. The molecule has 18 heavy (non-hydrogen) atoms. The molecule has 1 aromatic carbocycles. The molecule has 0 aliphatic rings. The van der Waals surface area contributed by atoms with E-state index in [1.165, 1.54) is 0 Å². The normalized spacial score (nSPS) is 12.1. The van der Waals surface area contributed by atoms with Crippen LogP contribution in [0.2, 0.25) is 5.02 Å². The molecule has 0 spiro atoms. The van der Waals surface area contributed by atoms with E-state index in [1.807, 2.05) is 6.07 Å². The highest BCUT2D eigenvalue weighted by Crippen LogP contribution is 2.21. The lowest BCUT2D eigenvalue weighted by Crippen LogP contribution is -2.27. The Bertz CT molecular complexity index is 567. The Morgan fingerprint density at radius 3 is 2.89 bits per heavy atom. The molecule has 1 heterocycles. The van der Waals surface area contributed by atoms with Crippen molar-refractivity contribution in [3.05, 3.63) is 47.2 Å². The molecule has 0 fully saturated rings. The predicted molar refractivity (Wildman–Crippen MR) is 70.2 cm³/mol. The summed E-state index contributed by atoms with van der Waals surface area (Å²) in [5.41, 5.74) is 6.84. The van der Waals surface area contributed by atoms with Gasteiger partial charge in [0.2, 0.25) is 5.91 Å². The van der Waals surface area contributed by atoms with E-state index in [1.54, 1.807) is 42.3 Å². The fourth-order valence-electron chi connectivity index (χ4n) is 1.65. The van der Waals surface area contributed by atoms with Crippen LogP contribution < -0.4 is 11.1 Å². The topological polar surface area (TPSA) is 72.9 Å². The Balaban J connectivity index is 2.24. The number of aromatic nitrogens is 2. The average molecular weight is 265 g/mol. The Kier molecular flexibility index (Phi) is 3.53. The van der Waals surface area contributed by atoms with Crippen molar-refractivity contribution in [2.75, 3.05) is 5.32 Å². The monoisotopic (exact) mass is 264 g/mol. The average Bonchev–Trinajstić information content (AvgIpc) is 2.72. The Labute approximate surface area is 110 Å². The first-order valence-corrected chi connectivity index (χ1v) is 5.74. The largest absolute Gasteiger partial charge is 0.370 e. The molecule has 0 saturated heterocycles. The number of hydrogen-bond donors (Lipinski definition) is 2. The number of aryl methyl sites for hydroxylation is 1. The molecule has 1 aromatic heterocycles. The quantitative estimate of drug-likeness (QED) is 0.883. The number of nitrogens with one attached hydrogen (secondary N) is 1. The summed E-state index contributed by atoms with van der Waals surface area (Å²) in [6, 6.07) is 6.48. The van der Waals surface area contributed by atoms with Crippen LogP contribution >= 0.6 is 11.6 Å². The van der Waals surface area contributed by atoms with E-state index in [2.05, 4.69) is 10.4 Å². The van der Waals surface area contributed by atoms with Gasteiger partial charge in [-0.05, 0) is 18.2 Å². The molecule has 0 saturated carbocycles. The van der Waals surface area contributed by atoms with E-state index in [0.29, 0.717) is 10.6 Å². The molecule has 0 radical (unpaired) electrons. The number of primary amides is 1. The number of halogens is 1. The Hall–Kier alpha value is -2.01. The molecular weight excluding hydrogens is 252 g/mol. The lowest BCUT2D eigenvalue weighted by Gasteiger charge is -2.15. The summed E-state index contributed by atoms with van der Waals surface area (Å²) in [4.78, 5) is 11.5. The maximum Gasteiger partial charge on any atom is 0.244 e. The molecule has 2 aromatic rings. The number of carbonyl (C=O) groups excluding carboxylic acids is 1. The van der Waals surface area contributed by atoms with Crippen molar-refractivity contribution in [3.63, 3.8) is 0 Å². The van der Waals surface area contributed by atoms with Crippen LogP contribution in [0.5, 0.6) is 0 Å². The van der Waals surface area contributed by atoms with Crippen LogP contribution in [-0.4, -0.2) is 15.7 Å². The van der Waals surface area contributed by atoms with Crippen molar-refractivity contribution in [3.8, 4) is 0 Å². The molecule has 94 valence electrons. The minimum Gasteiger partial charge on any atom is -0.370 e. The van der Waals surface area contributed by atoms with E-state index in [-0.39, 0.29) is 0 Å². The minimum absolute atomic E-state index is 0.469. The highest BCUT2D eigenvalue weighted by atomic mass is 35.5. The fourth-order valence-corrected chi connectivity index (χ4v) is 1.84. The molecule has 1 atom stereocenters. The van der Waals surface area contributed by atoms with Gasteiger partial charge in [0, 0.05) is 29.5 Å². The van der Waals surface area contributed by atoms with Gasteiger partial charge in [0.25, 0.3) is 0 Å². The van der Waals surface area contributed by atoms with Crippen LogP contribution in [-0.2, 0) is 11.8 Å². The summed E-state index contributed by atoms with van der Waals surface area (Å²) in [5, 5.41) is 7.65. The van der Waals surface area contributed by atoms with Gasteiger partial charge in [-0.25, -0.2) is 0 Å². The predicted octanol–water partition coefficient (Wildman–Crippen LogP) is 1.71. The summed E-state index contributed by atoms with van der Waals surface area (Å²) in [6.45, 7) is 0. The van der Waals surface area contributed by atoms with Crippen molar-refractivity contribution in [1.29, 1.82) is 0 Å².